The van der Waals surface area contributed by atoms with Gasteiger partial charge in [-0.05, 0) is 39.4 Å². The Bertz CT molecular complexity index is 726. The van der Waals surface area contributed by atoms with Crippen LogP contribution in [-0.2, 0) is 15.0 Å². The van der Waals surface area contributed by atoms with Gasteiger partial charge in [0.15, 0.2) is 0 Å². The van der Waals surface area contributed by atoms with Crippen molar-refractivity contribution < 1.29 is 37.1 Å². The van der Waals surface area contributed by atoms with Crippen LogP contribution in [0.25, 0.3) is 0 Å². The van der Waals surface area contributed by atoms with E-state index in [0.717, 1.165) is 8.61 Å². The van der Waals surface area contributed by atoms with Crippen LogP contribution in [0, 0.1) is 5.92 Å². The summed E-state index contributed by atoms with van der Waals surface area (Å²) in [7, 11) is -5.79. The molecular weight excluding hydrogens is 423 g/mol. The molecule has 0 aromatic rings. The average molecular weight is 455 g/mol. The van der Waals surface area contributed by atoms with E-state index in [9.17, 15) is 27.1 Å². The van der Waals surface area contributed by atoms with E-state index in [2.05, 4.69) is 0 Å². The van der Waals surface area contributed by atoms with E-state index in [1.54, 1.807) is 13.8 Å². The summed E-state index contributed by atoms with van der Waals surface area (Å²) in [6.07, 6.45) is 0.129. The van der Waals surface area contributed by atoms with E-state index in [-0.39, 0.29) is 38.5 Å². The predicted molar refractivity (Wildman–Crippen MR) is 107 cm³/mol. The summed E-state index contributed by atoms with van der Waals surface area (Å²) in [6.45, 7) is 2.57. The summed E-state index contributed by atoms with van der Waals surface area (Å²) >= 11 is 0. The molecular formula is C17H32BF2N3O6S. The van der Waals surface area contributed by atoms with Crippen molar-refractivity contribution in [1.82, 2.24) is 8.61 Å². The van der Waals surface area contributed by atoms with E-state index in [0.29, 0.717) is 6.42 Å². The number of nitrogens with zero attached hydrogens (tertiary/aromatic N) is 2. The molecule has 1 saturated carbocycles. The van der Waals surface area contributed by atoms with Gasteiger partial charge in [-0.2, -0.15) is 17.0 Å². The summed E-state index contributed by atoms with van der Waals surface area (Å²) in [5.74, 6) is -5.04. The number of nitrogens with two attached hydrogens (primary N) is 1. The van der Waals surface area contributed by atoms with E-state index in [4.69, 9.17) is 15.8 Å². The lowest BCUT2D eigenvalue weighted by Crippen LogP contribution is -2.57. The van der Waals surface area contributed by atoms with Crippen molar-refractivity contribution in [2.75, 3.05) is 13.1 Å². The van der Waals surface area contributed by atoms with Crippen LogP contribution in [-0.4, -0.2) is 81.9 Å². The van der Waals surface area contributed by atoms with Crippen LogP contribution < -0.4 is 5.73 Å². The summed E-state index contributed by atoms with van der Waals surface area (Å²) in [6, 6.07) is -1.46. The fourth-order valence-electron chi connectivity index (χ4n) is 4.58. The second-order valence-corrected chi connectivity index (χ2v) is 10.6. The topological polar surface area (TPSA) is 144 Å². The molecule has 3 atom stereocenters. The molecule has 174 valence electrons. The van der Waals surface area contributed by atoms with Crippen LogP contribution in [0.1, 0.15) is 52.4 Å². The Morgan fingerprint density at radius 1 is 1.37 bits per heavy atom. The third kappa shape index (κ3) is 5.49. The molecule has 0 amide bonds. The number of carbonyl (C=O) groups is 1. The summed E-state index contributed by atoms with van der Waals surface area (Å²) in [5.41, 5.74) is 4.24. The van der Waals surface area contributed by atoms with Gasteiger partial charge in [0.1, 0.15) is 5.54 Å². The first-order valence-electron chi connectivity index (χ1n) is 10.3. The largest absolute Gasteiger partial charge is 0.480 e. The maximum absolute atomic E-state index is 14.0. The summed E-state index contributed by atoms with van der Waals surface area (Å²) in [5, 5.41) is 27.6. The number of carboxylic acid groups (broad SMARTS) is 1. The molecule has 0 spiro atoms. The van der Waals surface area contributed by atoms with Crippen LogP contribution >= 0.6 is 0 Å². The fraction of sp³-hybridized carbons (Fsp3) is 0.941. The normalized spacial score (nSPS) is 30.2. The Balaban J connectivity index is 2.27. The fourth-order valence-corrected chi connectivity index (χ4v) is 6.68. The summed E-state index contributed by atoms with van der Waals surface area (Å²) in [4.78, 5) is 11.8. The van der Waals surface area contributed by atoms with Crippen LogP contribution in [0.5, 0.6) is 0 Å². The minimum atomic E-state index is -4.24. The van der Waals surface area contributed by atoms with Crippen LogP contribution in [0.2, 0.25) is 6.32 Å². The predicted octanol–water partition coefficient (Wildman–Crippen LogP) is 0.486. The lowest BCUT2D eigenvalue weighted by atomic mass is 9.78. The highest BCUT2D eigenvalue weighted by molar-refractivity contribution is 7.86. The van der Waals surface area contributed by atoms with E-state index >= 15 is 0 Å². The van der Waals surface area contributed by atoms with Gasteiger partial charge in [-0.15, -0.1) is 0 Å². The average Bonchev–Trinajstić information content (AvgIpc) is 2.92. The van der Waals surface area contributed by atoms with Crippen LogP contribution in [0.4, 0.5) is 8.78 Å². The van der Waals surface area contributed by atoms with Crippen molar-refractivity contribution in [2.24, 2.45) is 11.7 Å². The minimum absolute atomic E-state index is 0.00816. The number of rotatable bonds is 9. The first kappa shape index (κ1) is 25.4. The quantitative estimate of drug-likeness (QED) is 0.370. The Morgan fingerprint density at radius 2 is 2.00 bits per heavy atom. The Kier molecular flexibility index (Phi) is 7.90. The molecule has 30 heavy (non-hydrogen) atoms. The van der Waals surface area contributed by atoms with Gasteiger partial charge in [0.2, 0.25) is 5.92 Å². The SMILES string of the molecule is CC(C)N(C1CCCC(F)(F)C1)S(=O)(=O)N1C[C@H](CCCB(O)O)[C@](N)(C(=O)O)C1. The summed E-state index contributed by atoms with van der Waals surface area (Å²) < 4.78 is 56.8. The lowest BCUT2D eigenvalue weighted by molar-refractivity contribution is -0.144. The van der Waals surface area contributed by atoms with Gasteiger partial charge >= 0.3 is 13.1 Å². The molecule has 0 aromatic heterocycles. The molecule has 0 bridgehead atoms. The molecule has 1 aliphatic heterocycles. The highest BCUT2D eigenvalue weighted by Crippen LogP contribution is 2.39. The van der Waals surface area contributed by atoms with Crippen molar-refractivity contribution in [3.8, 4) is 0 Å². The van der Waals surface area contributed by atoms with Gasteiger partial charge in [-0.1, -0.05) is 6.42 Å². The van der Waals surface area contributed by atoms with Crippen molar-refractivity contribution in [3.63, 3.8) is 0 Å². The zero-order chi connectivity index (χ0) is 22.9. The number of alkyl halides is 2. The maximum atomic E-state index is 14.0. The molecule has 1 heterocycles. The smallest absolute Gasteiger partial charge is 0.451 e. The molecule has 1 saturated heterocycles. The second kappa shape index (κ2) is 9.33. The number of hydrogen-bond acceptors (Lipinski definition) is 6. The third-order valence-electron chi connectivity index (χ3n) is 6.08. The van der Waals surface area contributed by atoms with Crippen molar-refractivity contribution >= 4 is 23.3 Å². The molecule has 2 fully saturated rings. The lowest BCUT2D eigenvalue weighted by Gasteiger charge is -2.40. The number of hydrogen-bond donors (Lipinski definition) is 4. The molecule has 1 unspecified atom stereocenters. The number of carboxylic acids is 1. The van der Waals surface area contributed by atoms with E-state index in [1.165, 1.54) is 0 Å². The van der Waals surface area contributed by atoms with Crippen molar-refractivity contribution in [1.29, 1.82) is 0 Å². The Morgan fingerprint density at radius 3 is 2.50 bits per heavy atom. The first-order valence-corrected chi connectivity index (χ1v) is 11.7. The van der Waals surface area contributed by atoms with Gasteiger partial charge in [-0.3, -0.25) is 4.79 Å². The molecule has 2 aliphatic rings. The monoisotopic (exact) mass is 455 g/mol. The molecule has 1 aliphatic carbocycles. The molecule has 0 aromatic carbocycles. The number of halogens is 2. The molecule has 9 nitrogen and oxygen atoms in total. The zero-order valence-electron chi connectivity index (χ0n) is 17.4. The van der Waals surface area contributed by atoms with Gasteiger partial charge in [0.05, 0.1) is 0 Å². The van der Waals surface area contributed by atoms with Crippen molar-refractivity contribution in [3.05, 3.63) is 0 Å². The third-order valence-corrected chi connectivity index (χ3v) is 8.26. The Labute approximate surface area is 176 Å². The molecule has 2 rings (SSSR count). The second-order valence-electron chi connectivity index (χ2n) is 8.78. The minimum Gasteiger partial charge on any atom is -0.480 e. The number of aliphatic carboxylic acids is 1. The van der Waals surface area contributed by atoms with Crippen LogP contribution in [0.15, 0.2) is 0 Å². The van der Waals surface area contributed by atoms with Crippen LogP contribution in [0.3, 0.4) is 0 Å². The maximum Gasteiger partial charge on any atom is 0.451 e. The van der Waals surface area contributed by atoms with E-state index in [1.807, 2.05) is 0 Å². The van der Waals surface area contributed by atoms with E-state index < -0.39 is 65.7 Å². The standard InChI is InChI=1S/C17H32BF2N3O6S/c1-12(2)23(14-6-3-7-16(19,20)9-14)30(28,29)22-10-13(5-4-8-18(26)27)17(21,11-22)15(24)25/h12-14,26-27H,3-11,21H2,1-2H3,(H,24,25)/t13-,14?,17-/m0/s1. The molecule has 5 N–H and O–H groups in total. The Hall–Kier alpha value is -0.855. The molecule has 0 radical (unpaired) electrons. The van der Waals surface area contributed by atoms with Crippen molar-refractivity contribution in [2.45, 2.75) is 82.2 Å². The van der Waals surface area contributed by atoms with Gasteiger partial charge < -0.3 is 20.9 Å². The van der Waals surface area contributed by atoms with Gasteiger partial charge in [0.25, 0.3) is 10.2 Å². The van der Waals surface area contributed by atoms with Gasteiger partial charge in [-0.25, -0.2) is 8.78 Å². The van der Waals surface area contributed by atoms with Gasteiger partial charge in [0, 0.05) is 43.9 Å². The zero-order valence-corrected chi connectivity index (χ0v) is 18.2. The first-order chi connectivity index (χ1) is 13.7. The highest BCUT2D eigenvalue weighted by Gasteiger charge is 2.54. The molecule has 13 heteroatoms. The highest BCUT2D eigenvalue weighted by atomic mass is 32.2.